The Balaban J connectivity index is 1.30. The van der Waals surface area contributed by atoms with Crippen LogP contribution < -0.4 is 10.2 Å². The van der Waals surface area contributed by atoms with E-state index in [4.69, 9.17) is 0 Å². The van der Waals surface area contributed by atoms with Crippen LogP contribution in [0.15, 0.2) is 54.2 Å². The summed E-state index contributed by atoms with van der Waals surface area (Å²) in [5.74, 6) is 0. The van der Waals surface area contributed by atoms with Gasteiger partial charge in [-0.2, -0.15) is 0 Å². The molecule has 1 aromatic carbocycles. The third kappa shape index (κ3) is 4.11. The van der Waals surface area contributed by atoms with E-state index in [2.05, 4.69) is 62.8 Å². The summed E-state index contributed by atoms with van der Waals surface area (Å²) in [5, 5.41) is 6.91. The molecule has 4 nitrogen and oxygen atoms in total. The minimum absolute atomic E-state index is 0.587. The lowest BCUT2D eigenvalue weighted by Crippen LogP contribution is -2.42. The molecule has 5 heteroatoms. The lowest BCUT2D eigenvalue weighted by molar-refractivity contribution is 0.414. The standard InChI is InChI=1S/C21H24N4S/c1-16-24-21(15-26-16)18-4-6-20(7-5-18)25-11-8-19(9-12-25)23-14-17-3-2-10-22-13-17/h2-7,10,13,15,19,23H,8-9,11-12,14H2,1H3. The predicted octanol–water partition coefficient (Wildman–Crippen LogP) is 4.27. The second-order valence-corrected chi connectivity index (χ2v) is 7.86. The van der Waals surface area contributed by atoms with Crippen LogP contribution in [0, 0.1) is 6.92 Å². The third-order valence-corrected chi connectivity index (χ3v) is 5.73. The molecule has 0 radical (unpaired) electrons. The molecule has 26 heavy (non-hydrogen) atoms. The van der Waals surface area contributed by atoms with Gasteiger partial charge in [-0.25, -0.2) is 4.98 Å². The summed E-state index contributed by atoms with van der Waals surface area (Å²) in [6, 6.07) is 13.5. The smallest absolute Gasteiger partial charge is 0.0901 e. The number of hydrogen-bond acceptors (Lipinski definition) is 5. The van der Waals surface area contributed by atoms with Crippen molar-refractivity contribution in [1.82, 2.24) is 15.3 Å². The lowest BCUT2D eigenvalue weighted by atomic mass is 10.0. The van der Waals surface area contributed by atoms with Gasteiger partial charge < -0.3 is 10.2 Å². The van der Waals surface area contributed by atoms with Crippen molar-refractivity contribution in [2.75, 3.05) is 18.0 Å². The molecule has 2 aromatic heterocycles. The quantitative estimate of drug-likeness (QED) is 0.734. The average Bonchev–Trinajstić information content (AvgIpc) is 3.14. The SMILES string of the molecule is Cc1nc(-c2ccc(N3CCC(NCc4cccnc4)CC3)cc2)cs1. The van der Waals surface area contributed by atoms with Gasteiger partial charge in [0.2, 0.25) is 0 Å². The van der Waals surface area contributed by atoms with Gasteiger partial charge in [0.1, 0.15) is 0 Å². The number of hydrogen-bond donors (Lipinski definition) is 1. The molecule has 0 spiro atoms. The average molecular weight is 365 g/mol. The first-order valence-corrected chi connectivity index (χ1v) is 10.1. The maximum absolute atomic E-state index is 4.57. The number of rotatable bonds is 5. The highest BCUT2D eigenvalue weighted by atomic mass is 32.1. The van der Waals surface area contributed by atoms with Crippen LogP contribution in [0.5, 0.6) is 0 Å². The highest BCUT2D eigenvalue weighted by Gasteiger charge is 2.19. The Bertz CT molecular complexity index is 821. The Kier molecular flexibility index (Phi) is 5.27. The van der Waals surface area contributed by atoms with Gasteiger partial charge in [0.05, 0.1) is 10.7 Å². The van der Waals surface area contributed by atoms with E-state index in [-0.39, 0.29) is 0 Å². The Labute approximate surface area is 158 Å². The van der Waals surface area contributed by atoms with Crippen molar-refractivity contribution in [3.05, 3.63) is 64.7 Å². The second kappa shape index (κ2) is 7.98. The molecule has 1 fully saturated rings. The molecule has 0 bridgehead atoms. The van der Waals surface area contributed by atoms with Crippen LogP contribution in [-0.4, -0.2) is 29.1 Å². The molecule has 0 saturated carbocycles. The Morgan fingerprint density at radius 1 is 1.15 bits per heavy atom. The molecule has 3 heterocycles. The number of anilines is 1. The fourth-order valence-electron chi connectivity index (χ4n) is 3.45. The number of thiazole rings is 1. The molecule has 1 N–H and O–H groups in total. The molecule has 0 atom stereocenters. The number of nitrogens with zero attached hydrogens (tertiary/aromatic N) is 3. The van der Waals surface area contributed by atoms with Crippen LogP contribution in [0.25, 0.3) is 11.3 Å². The fourth-order valence-corrected chi connectivity index (χ4v) is 4.07. The van der Waals surface area contributed by atoms with Gasteiger partial charge in [0.25, 0.3) is 0 Å². The largest absolute Gasteiger partial charge is 0.371 e. The van der Waals surface area contributed by atoms with Crippen LogP contribution in [0.4, 0.5) is 5.69 Å². The molecule has 0 amide bonds. The van der Waals surface area contributed by atoms with E-state index in [0.29, 0.717) is 6.04 Å². The first-order chi connectivity index (χ1) is 12.8. The van der Waals surface area contributed by atoms with Crippen molar-refractivity contribution < 1.29 is 0 Å². The zero-order valence-corrected chi connectivity index (χ0v) is 15.9. The van der Waals surface area contributed by atoms with Crippen LogP contribution in [0.3, 0.4) is 0 Å². The maximum atomic E-state index is 4.57. The van der Waals surface area contributed by atoms with Crippen LogP contribution in [0.1, 0.15) is 23.4 Å². The first-order valence-electron chi connectivity index (χ1n) is 9.18. The fraction of sp³-hybridized carbons (Fsp3) is 0.333. The monoisotopic (exact) mass is 364 g/mol. The van der Waals surface area contributed by atoms with Gasteiger partial charge in [-0.1, -0.05) is 18.2 Å². The van der Waals surface area contributed by atoms with Gasteiger partial charge in [0.15, 0.2) is 0 Å². The topological polar surface area (TPSA) is 41.1 Å². The van der Waals surface area contributed by atoms with Gasteiger partial charge in [-0.15, -0.1) is 11.3 Å². The zero-order chi connectivity index (χ0) is 17.8. The van der Waals surface area contributed by atoms with Crippen molar-refractivity contribution in [3.8, 4) is 11.3 Å². The molecular formula is C21H24N4S. The van der Waals surface area contributed by atoms with Crippen LogP contribution >= 0.6 is 11.3 Å². The third-order valence-electron chi connectivity index (χ3n) is 4.96. The zero-order valence-electron chi connectivity index (χ0n) is 15.1. The molecular weight excluding hydrogens is 340 g/mol. The number of nitrogens with one attached hydrogen (secondary N) is 1. The van der Waals surface area contributed by atoms with Gasteiger partial charge >= 0.3 is 0 Å². The van der Waals surface area contributed by atoms with Gasteiger partial charge in [0, 0.05) is 54.7 Å². The summed E-state index contributed by atoms with van der Waals surface area (Å²) >= 11 is 1.70. The van der Waals surface area contributed by atoms with Crippen molar-refractivity contribution in [1.29, 1.82) is 0 Å². The van der Waals surface area contributed by atoms with E-state index >= 15 is 0 Å². The van der Waals surface area contributed by atoms with Gasteiger partial charge in [-0.3, -0.25) is 4.98 Å². The summed E-state index contributed by atoms with van der Waals surface area (Å²) in [6.45, 7) is 5.15. The van der Waals surface area contributed by atoms with E-state index in [0.717, 1.165) is 30.3 Å². The molecule has 1 saturated heterocycles. The Morgan fingerprint density at radius 2 is 1.96 bits per heavy atom. The molecule has 3 aromatic rings. The number of benzene rings is 1. The summed E-state index contributed by atoms with van der Waals surface area (Å²) in [6.07, 6.45) is 6.11. The maximum Gasteiger partial charge on any atom is 0.0901 e. The molecule has 0 aliphatic carbocycles. The van der Waals surface area contributed by atoms with E-state index < -0.39 is 0 Å². The summed E-state index contributed by atoms with van der Waals surface area (Å²) in [5.41, 5.74) is 4.85. The van der Waals surface area contributed by atoms with E-state index in [1.165, 1.54) is 29.7 Å². The number of pyridine rings is 1. The highest BCUT2D eigenvalue weighted by Crippen LogP contribution is 2.26. The lowest BCUT2D eigenvalue weighted by Gasteiger charge is -2.34. The van der Waals surface area contributed by atoms with E-state index in [9.17, 15) is 0 Å². The van der Waals surface area contributed by atoms with Crippen molar-refractivity contribution >= 4 is 17.0 Å². The van der Waals surface area contributed by atoms with Crippen molar-refractivity contribution in [2.24, 2.45) is 0 Å². The summed E-state index contributed by atoms with van der Waals surface area (Å²) < 4.78 is 0. The van der Waals surface area contributed by atoms with Crippen molar-refractivity contribution in [3.63, 3.8) is 0 Å². The van der Waals surface area contributed by atoms with E-state index in [1.54, 1.807) is 11.3 Å². The minimum Gasteiger partial charge on any atom is -0.371 e. The molecule has 1 aliphatic rings. The van der Waals surface area contributed by atoms with Crippen molar-refractivity contribution in [2.45, 2.75) is 32.4 Å². The van der Waals surface area contributed by atoms with Crippen LogP contribution in [-0.2, 0) is 6.54 Å². The molecule has 0 unspecified atom stereocenters. The number of aromatic nitrogens is 2. The Morgan fingerprint density at radius 3 is 2.62 bits per heavy atom. The molecule has 134 valence electrons. The summed E-state index contributed by atoms with van der Waals surface area (Å²) in [7, 11) is 0. The highest BCUT2D eigenvalue weighted by molar-refractivity contribution is 7.09. The minimum atomic E-state index is 0.587. The molecule has 4 rings (SSSR count). The first kappa shape index (κ1) is 17.2. The second-order valence-electron chi connectivity index (χ2n) is 6.80. The molecule has 1 aliphatic heterocycles. The normalized spacial score (nSPS) is 15.3. The summed E-state index contributed by atoms with van der Waals surface area (Å²) in [4.78, 5) is 11.2. The number of piperidine rings is 1. The number of aryl methyl sites for hydroxylation is 1. The predicted molar refractivity (Wildman–Crippen MR) is 109 cm³/mol. The van der Waals surface area contributed by atoms with Crippen LogP contribution in [0.2, 0.25) is 0 Å². The van der Waals surface area contributed by atoms with E-state index in [1.807, 2.05) is 18.5 Å². The Hall–Kier alpha value is -2.24. The van der Waals surface area contributed by atoms with Gasteiger partial charge in [-0.05, 0) is 43.5 Å².